The maximum atomic E-state index is 10.2. The highest BCUT2D eigenvalue weighted by Crippen LogP contribution is 2.19. The highest BCUT2D eigenvalue weighted by atomic mass is 28.4. The highest BCUT2D eigenvalue weighted by Gasteiger charge is 2.33. The molecule has 0 N–H and O–H groups in total. The van der Waals surface area contributed by atoms with Crippen molar-refractivity contribution >= 4 is 22.6 Å². The molecule has 0 aliphatic rings. The van der Waals surface area contributed by atoms with E-state index in [0.717, 1.165) is 0 Å². The smallest absolute Gasteiger partial charge is 0.256 e. The number of hydrogen-bond acceptors (Lipinski definition) is 3. The Bertz CT molecular complexity index is 184. The summed E-state index contributed by atoms with van der Waals surface area (Å²) in [5.41, 5.74) is 0. The summed E-state index contributed by atoms with van der Waals surface area (Å²) in [7, 11) is -2.95. The lowest BCUT2D eigenvalue weighted by molar-refractivity contribution is 0.547. The Kier molecular flexibility index (Phi) is 3.44. The van der Waals surface area contributed by atoms with E-state index in [-0.39, 0.29) is 0 Å². The van der Waals surface area contributed by atoms with E-state index >= 15 is 0 Å². The van der Waals surface area contributed by atoms with Gasteiger partial charge in [-0.2, -0.15) is 0 Å². The second-order valence-corrected chi connectivity index (χ2v) is 14.8. The molecule has 0 atom stereocenters. The van der Waals surface area contributed by atoms with E-state index in [1.54, 1.807) is 6.08 Å². The summed E-state index contributed by atoms with van der Waals surface area (Å²) in [5, 5.41) is 3.82. The van der Waals surface area contributed by atoms with Gasteiger partial charge in [0.25, 0.3) is 6.08 Å². The molecule has 0 aliphatic carbocycles. The van der Waals surface area contributed by atoms with Crippen LogP contribution in [0.5, 0.6) is 0 Å². The summed E-state index contributed by atoms with van der Waals surface area (Å²) in [6.45, 7) is 13.1. The zero-order chi connectivity index (χ0) is 9.99. The highest BCUT2D eigenvalue weighted by molar-refractivity contribution is 6.89. The average Bonchev–Trinajstić information content (AvgIpc) is 1.77. The van der Waals surface area contributed by atoms with E-state index in [9.17, 15) is 4.79 Å². The Morgan fingerprint density at radius 1 is 1.00 bits per heavy atom. The van der Waals surface area contributed by atoms with Gasteiger partial charge < -0.3 is 4.34 Å². The third-order valence-corrected chi connectivity index (χ3v) is 8.18. The molecule has 0 aromatic rings. The maximum Gasteiger partial charge on any atom is 0.256 e. The zero-order valence-electron chi connectivity index (χ0n) is 8.80. The molecular formula is C7H18N2OSi2. The van der Waals surface area contributed by atoms with Gasteiger partial charge in [-0.15, -0.1) is 5.10 Å². The van der Waals surface area contributed by atoms with Gasteiger partial charge in [0.15, 0.2) is 16.5 Å². The Labute approximate surface area is 76.6 Å². The molecule has 0 fully saturated rings. The van der Waals surface area contributed by atoms with E-state index in [1.807, 2.05) is 4.34 Å². The predicted molar refractivity (Wildman–Crippen MR) is 56.7 cm³/mol. The van der Waals surface area contributed by atoms with Crippen LogP contribution in [-0.4, -0.2) is 26.9 Å². The third kappa shape index (κ3) is 3.34. The second-order valence-electron chi connectivity index (χ2n) is 4.84. The maximum absolute atomic E-state index is 10.2. The molecule has 0 saturated carbocycles. The number of isocyanates is 1. The molecule has 0 rings (SSSR count). The van der Waals surface area contributed by atoms with Gasteiger partial charge in [-0.3, -0.25) is 0 Å². The number of hydrazone groups is 1. The van der Waals surface area contributed by atoms with Crippen LogP contribution in [0, 0.1) is 0 Å². The first-order valence-electron chi connectivity index (χ1n) is 4.07. The Morgan fingerprint density at radius 3 is 1.42 bits per heavy atom. The Balaban J connectivity index is 4.81. The van der Waals surface area contributed by atoms with Gasteiger partial charge in [0.1, 0.15) is 0 Å². The topological polar surface area (TPSA) is 32.7 Å². The summed E-state index contributed by atoms with van der Waals surface area (Å²) >= 11 is 0. The van der Waals surface area contributed by atoms with Crippen molar-refractivity contribution in [2.45, 2.75) is 39.3 Å². The van der Waals surface area contributed by atoms with Gasteiger partial charge in [0.2, 0.25) is 0 Å². The van der Waals surface area contributed by atoms with Crippen LogP contribution >= 0.6 is 0 Å². The van der Waals surface area contributed by atoms with Crippen LogP contribution in [0.25, 0.3) is 0 Å². The summed E-state index contributed by atoms with van der Waals surface area (Å²) in [4.78, 5) is 10.2. The first-order valence-corrected chi connectivity index (χ1v) is 11.0. The number of hydrogen-bond donors (Lipinski definition) is 0. The molecule has 0 unspecified atom stereocenters. The quantitative estimate of drug-likeness (QED) is 0.304. The largest absolute Gasteiger partial charge is 0.339 e. The molecule has 0 aromatic carbocycles. The van der Waals surface area contributed by atoms with Crippen molar-refractivity contribution in [2.75, 3.05) is 0 Å². The van der Waals surface area contributed by atoms with Crippen LogP contribution in [0.2, 0.25) is 39.3 Å². The summed E-state index contributed by atoms with van der Waals surface area (Å²) < 4.78 is 2.03. The minimum absolute atomic E-state index is 1.48. The molecule has 70 valence electrons. The van der Waals surface area contributed by atoms with Gasteiger partial charge in [-0.05, 0) is 0 Å². The van der Waals surface area contributed by atoms with Crippen LogP contribution in [0.4, 0.5) is 0 Å². The normalized spacial score (nSPS) is 12.2. The van der Waals surface area contributed by atoms with Crippen molar-refractivity contribution in [2.24, 2.45) is 5.10 Å². The van der Waals surface area contributed by atoms with Gasteiger partial charge in [0.05, 0.1) is 0 Å². The van der Waals surface area contributed by atoms with Crippen LogP contribution < -0.4 is 0 Å². The summed E-state index contributed by atoms with van der Waals surface area (Å²) in [5.74, 6) is 0. The Hall–Kier alpha value is -0.386. The third-order valence-electron chi connectivity index (χ3n) is 1.41. The van der Waals surface area contributed by atoms with Crippen LogP contribution in [0.15, 0.2) is 5.10 Å². The number of nitrogens with zero attached hydrogens (tertiary/aromatic N) is 2. The molecular weight excluding hydrogens is 184 g/mol. The van der Waals surface area contributed by atoms with Crippen molar-refractivity contribution in [3.05, 3.63) is 0 Å². The van der Waals surface area contributed by atoms with Gasteiger partial charge in [-0.25, -0.2) is 4.79 Å². The van der Waals surface area contributed by atoms with Crippen molar-refractivity contribution in [3.8, 4) is 0 Å². The molecule has 0 spiro atoms. The van der Waals surface area contributed by atoms with E-state index in [4.69, 9.17) is 0 Å². The van der Waals surface area contributed by atoms with Crippen LogP contribution in [0.1, 0.15) is 0 Å². The minimum atomic E-state index is -1.48. The fraction of sp³-hybridized carbons (Fsp3) is 0.857. The molecule has 12 heavy (non-hydrogen) atoms. The fourth-order valence-corrected chi connectivity index (χ4v) is 10.1. The lowest BCUT2D eigenvalue weighted by Crippen LogP contribution is -2.55. The first-order chi connectivity index (χ1) is 5.19. The summed E-state index contributed by atoms with van der Waals surface area (Å²) in [6, 6.07) is 0. The van der Waals surface area contributed by atoms with Gasteiger partial charge >= 0.3 is 0 Å². The molecule has 0 heterocycles. The fourth-order valence-electron chi connectivity index (χ4n) is 1.35. The van der Waals surface area contributed by atoms with Crippen LogP contribution in [0.3, 0.4) is 0 Å². The standard InChI is InChI=1S/C7H18N2OSi2/c1-11(2,3)9(8-7-10)12(4,5)6/h1-6H3. The Morgan fingerprint density at radius 2 is 1.33 bits per heavy atom. The molecule has 0 saturated heterocycles. The molecule has 0 aromatic heterocycles. The molecule has 0 amide bonds. The molecule has 0 bridgehead atoms. The van der Waals surface area contributed by atoms with E-state index in [2.05, 4.69) is 44.4 Å². The first kappa shape index (κ1) is 11.6. The van der Waals surface area contributed by atoms with Crippen molar-refractivity contribution in [3.63, 3.8) is 0 Å². The average molecular weight is 202 g/mol. The lowest BCUT2D eigenvalue weighted by Gasteiger charge is -2.39. The summed E-state index contributed by atoms with van der Waals surface area (Å²) in [6.07, 6.45) is 1.65. The van der Waals surface area contributed by atoms with Gasteiger partial charge in [0, 0.05) is 0 Å². The SMILES string of the molecule is C[Si](C)(C)N(N=C=O)[Si](C)(C)C. The van der Waals surface area contributed by atoms with Crippen molar-refractivity contribution in [1.29, 1.82) is 0 Å². The zero-order valence-corrected chi connectivity index (χ0v) is 10.8. The number of rotatable bonds is 3. The van der Waals surface area contributed by atoms with E-state index in [0.29, 0.717) is 0 Å². The minimum Gasteiger partial charge on any atom is -0.339 e. The van der Waals surface area contributed by atoms with E-state index < -0.39 is 16.5 Å². The van der Waals surface area contributed by atoms with Gasteiger partial charge in [-0.1, -0.05) is 39.3 Å². The lowest BCUT2D eigenvalue weighted by atomic mass is 11.6. The molecule has 0 radical (unpaired) electrons. The monoisotopic (exact) mass is 202 g/mol. The van der Waals surface area contributed by atoms with Crippen molar-refractivity contribution in [1.82, 2.24) is 4.34 Å². The van der Waals surface area contributed by atoms with E-state index in [1.165, 1.54) is 0 Å². The molecule has 5 heteroatoms. The second kappa shape index (κ2) is 3.55. The molecule has 0 aliphatic heterocycles. The predicted octanol–water partition coefficient (Wildman–Crippen LogP) is 2.21. The van der Waals surface area contributed by atoms with Crippen LogP contribution in [-0.2, 0) is 4.79 Å². The molecule has 3 nitrogen and oxygen atoms in total. The van der Waals surface area contributed by atoms with Crippen molar-refractivity contribution < 1.29 is 4.79 Å². The number of carbonyl (C=O) groups excluding carboxylic acids is 1.